The molecule has 0 spiro atoms. The molecule has 1 heterocycles. The quantitative estimate of drug-likeness (QED) is 0.756. The van der Waals surface area contributed by atoms with Gasteiger partial charge in [0.2, 0.25) is 0 Å². The molecule has 0 atom stereocenters. The van der Waals surface area contributed by atoms with Gasteiger partial charge in [0.15, 0.2) is 11.5 Å². The number of nitrogens with one attached hydrogen (secondary N) is 1. The summed E-state index contributed by atoms with van der Waals surface area (Å²) in [5, 5.41) is 10.7. The molecule has 3 aromatic rings. The smallest absolute Gasteiger partial charge is 0.280 e. The van der Waals surface area contributed by atoms with Crippen molar-refractivity contribution in [2.45, 2.75) is 19.9 Å². The number of aryl methyl sites for hydroxylation is 1. The number of hydrogen-bond donors (Lipinski definition) is 2. The van der Waals surface area contributed by atoms with Crippen molar-refractivity contribution >= 4 is 17.4 Å². The molecule has 0 bridgehead atoms. The van der Waals surface area contributed by atoms with Crippen molar-refractivity contribution in [1.82, 2.24) is 15.0 Å². The van der Waals surface area contributed by atoms with E-state index < -0.39 is 0 Å². The van der Waals surface area contributed by atoms with E-state index in [0.29, 0.717) is 6.54 Å². The number of nitrogens with two attached hydrogens (primary N) is 1. The number of nitrogens with zero attached hydrogens (tertiary/aromatic N) is 3. The maximum Gasteiger partial charge on any atom is 0.280 e. The van der Waals surface area contributed by atoms with Gasteiger partial charge in [0.05, 0.1) is 6.54 Å². The van der Waals surface area contributed by atoms with Crippen LogP contribution in [0.1, 0.15) is 28.5 Å². The van der Waals surface area contributed by atoms with Crippen molar-refractivity contribution in [3.8, 4) is 0 Å². The van der Waals surface area contributed by atoms with Gasteiger partial charge >= 0.3 is 0 Å². The first-order chi connectivity index (χ1) is 11.7. The van der Waals surface area contributed by atoms with Crippen LogP contribution in [0, 0.1) is 0 Å². The number of nitrogen functional groups attached to an aromatic ring is 1. The monoisotopic (exact) mass is 321 g/mol. The minimum atomic E-state index is -0.361. The van der Waals surface area contributed by atoms with Crippen molar-refractivity contribution in [1.29, 1.82) is 0 Å². The van der Waals surface area contributed by atoms with Crippen molar-refractivity contribution in [2.75, 3.05) is 11.1 Å². The number of rotatable bonds is 5. The van der Waals surface area contributed by atoms with Crippen LogP contribution >= 0.6 is 0 Å². The lowest BCUT2D eigenvalue weighted by Gasteiger charge is -2.06. The van der Waals surface area contributed by atoms with Crippen LogP contribution in [0.3, 0.4) is 0 Å². The van der Waals surface area contributed by atoms with Crippen LogP contribution in [-0.4, -0.2) is 20.9 Å². The zero-order valence-corrected chi connectivity index (χ0v) is 13.4. The summed E-state index contributed by atoms with van der Waals surface area (Å²) in [6.07, 6.45) is 0.902. The normalized spacial score (nSPS) is 10.5. The molecule has 0 saturated carbocycles. The summed E-state index contributed by atoms with van der Waals surface area (Å²) in [7, 11) is 0. The van der Waals surface area contributed by atoms with E-state index in [-0.39, 0.29) is 17.4 Å². The second-order valence-electron chi connectivity index (χ2n) is 5.47. The molecule has 3 N–H and O–H groups in total. The molecule has 3 rings (SSSR count). The average molecular weight is 321 g/mol. The second kappa shape index (κ2) is 6.95. The van der Waals surface area contributed by atoms with Crippen molar-refractivity contribution in [2.24, 2.45) is 0 Å². The van der Waals surface area contributed by atoms with Gasteiger partial charge in [0, 0.05) is 5.69 Å². The van der Waals surface area contributed by atoms with Crippen LogP contribution in [0.2, 0.25) is 0 Å². The molecule has 0 fully saturated rings. The predicted molar refractivity (Wildman–Crippen MR) is 93.8 cm³/mol. The Bertz CT molecular complexity index is 842. The summed E-state index contributed by atoms with van der Waals surface area (Å²) < 4.78 is 1.52. The van der Waals surface area contributed by atoms with E-state index in [2.05, 4.69) is 22.6 Å². The largest absolute Gasteiger partial charge is 0.382 e. The molecular formula is C18H19N5O. The fraction of sp³-hybridized carbons (Fsp3) is 0.167. The molecule has 0 aliphatic carbocycles. The first kappa shape index (κ1) is 15.7. The fourth-order valence-electron chi connectivity index (χ4n) is 2.41. The molecule has 0 radical (unpaired) electrons. The Morgan fingerprint density at radius 1 is 1.12 bits per heavy atom. The van der Waals surface area contributed by atoms with Gasteiger partial charge in [0.1, 0.15) is 0 Å². The summed E-state index contributed by atoms with van der Waals surface area (Å²) in [4.78, 5) is 12.4. The van der Waals surface area contributed by atoms with E-state index in [9.17, 15) is 4.79 Å². The van der Waals surface area contributed by atoms with Gasteiger partial charge in [-0.25, -0.2) is 4.68 Å². The third-order valence-electron chi connectivity index (χ3n) is 3.76. The predicted octanol–water partition coefficient (Wildman–Crippen LogP) is 2.72. The summed E-state index contributed by atoms with van der Waals surface area (Å²) in [6.45, 7) is 2.53. The Morgan fingerprint density at radius 2 is 1.88 bits per heavy atom. The Kier molecular flexibility index (Phi) is 4.56. The van der Waals surface area contributed by atoms with Gasteiger partial charge in [-0.3, -0.25) is 4.79 Å². The van der Waals surface area contributed by atoms with E-state index >= 15 is 0 Å². The van der Waals surface area contributed by atoms with Crippen LogP contribution in [0.25, 0.3) is 0 Å². The van der Waals surface area contributed by atoms with E-state index in [4.69, 9.17) is 5.73 Å². The van der Waals surface area contributed by atoms with Crippen LogP contribution < -0.4 is 11.1 Å². The summed E-state index contributed by atoms with van der Waals surface area (Å²) >= 11 is 0. The maximum absolute atomic E-state index is 12.4. The lowest BCUT2D eigenvalue weighted by Crippen LogP contribution is -2.15. The molecule has 0 unspecified atom stereocenters. The van der Waals surface area contributed by atoms with E-state index in [1.165, 1.54) is 4.68 Å². The third-order valence-corrected chi connectivity index (χ3v) is 3.76. The number of hydrogen-bond acceptors (Lipinski definition) is 4. The van der Waals surface area contributed by atoms with Crippen LogP contribution in [0.4, 0.5) is 11.5 Å². The molecule has 1 aromatic heterocycles. The van der Waals surface area contributed by atoms with Gasteiger partial charge in [-0.1, -0.05) is 54.6 Å². The Labute approximate surface area is 140 Å². The standard InChI is InChI=1S/C18H19N5O/c1-2-13-9-6-10-15(11-13)20-18(24)16-17(19)23(22-21-16)12-14-7-4-3-5-8-14/h3-11H,2,12,19H2,1H3,(H,20,24). The Hall–Kier alpha value is -3.15. The zero-order chi connectivity index (χ0) is 16.9. The van der Waals surface area contributed by atoms with Crippen LogP contribution in [0.15, 0.2) is 54.6 Å². The highest BCUT2D eigenvalue weighted by Crippen LogP contribution is 2.15. The number of carbonyl (C=O) groups is 1. The van der Waals surface area contributed by atoms with Crippen molar-refractivity contribution < 1.29 is 4.79 Å². The summed E-state index contributed by atoms with van der Waals surface area (Å²) in [5.41, 5.74) is 9.08. The molecule has 6 heteroatoms. The van der Waals surface area contributed by atoms with Crippen LogP contribution in [-0.2, 0) is 13.0 Å². The fourth-order valence-corrected chi connectivity index (χ4v) is 2.41. The van der Waals surface area contributed by atoms with Crippen LogP contribution in [0.5, 0.6) is 0 Å². The molecule has 24 heavy (non-hydrogen) atoms. The molecule has 1 amide bonds. The minimum absolute atomic E-state index is 0.132. The number of carbonyl (C=O) groups excluding carboxylic acids is 1. The summed E-state index contributed by atoms with van der Waals surface area (Å²) in [5.74, 6) is -0.108. The average Bonchev–Trinajstić information content (AvgIpc) is 2.97. The zero-order valence-electron chi connectivity index (χ0n) is 13.4. The van der Waals surface area contributed by atoms with Crippen molar-refractivity contribution in [3.63, 3.8) is 0 Å². The lowest BCUT2D eigenvalue weighted by atomic mass is 10.1. The number of benzene rings is 2. The van der Waals surface area contributed by atoms with Crippen molar-refractivity contribution in [3.05, 3.63) is 71.4 Å². The topological polar surface area (TPSA) is 85.8 Å². The molecule has 0 saturated heterocycles. The maximum atomic E-state index is 12.4. The van der Waals surface area contributed by atoms with E-state index in [1.54, 1.807) is 0 Å². The molecule has 0 aliphatic rings. The molecular weight excluding hydrogens is 302 g/mol. The number of aromatic nitrogens is 3. The number of anilines is 2. The Morgan fingerprint density at radius 3 is 2.62 bits per heavy atom. The lowest BCUT2D eigenvalue weighted by molar-refractivity contribution is 0.102. The highest BCUT2D eigenvalue weighted by atomic mass is 16.2. The Balaban J connectivity index is 1.76. The molecule has 2 aromatic carbocycles. The first-order valence-electron chi connectivity index (χ1n) is 7.80. The third kappa shape index (κ3) is 3.43. The first-order valence-corrected chi connectivity index (χ1v) is 7.80. The van der Waals surface area contributed by atoms with Gasteiger partial charge < -0.3 is 11.1 Å². The second-order valence-corrected chi connectivity index (χ2v) is 5.47. The molecule has 6 nitrogen and oxygen atoms in total. The van der Waals surface area contributed by atoms with Gasteiger partial charge in [-0.05, 0) is 29.7 Å². The minimum Gasteiger partial charge on any atom is -0.382 e. The van der Waals surface area contributed by atoms with E-state index in [0.717, 1.165) is 23.2 Å². The van der Waals surface area contributed by atoms with Gasteiger partial charge in [-0.2, -0.15) is 0 Å². The molecule has 122 valence electrons. The molecule has 0 aliphatic heterocycles. The van der Waals surface area contributed by atoms with E-state index in [1.807, 2.05) is 54.6 Å². The van der Waals surface area contributed by atoms with Gasteiger partial charge in [0.25, 0.3) is 5.91 Å². The summed E-state index contributed by atoms with van der Waals surface area (Å²) in [6, 6.07) is 17.5. The van der Waals surface area contributed by atoms with Gasteiger partial charge in [-0.15, -0.1) is 5.10 Å². The highest BCUT2D eigenvalue weighted by molar-refractivity contribution is 6.05. The number of amides is 1. The highest BCUT2D eigenvalue weighted by Gasteiger charge is 2.17. The SMILES string of the molecule is CCc1cccc(NC(=O)c2nnn(Cc3ccccc3)c2N)c1.